The van der Waals surface area contributed by atoms with E-state index in [1.54, 1.807) is 0 Å². The van der Waals surface area contributed by atoms with Crippen LogP contribution >= 0.6 is 15.9 Å². The molecule has 0 atom stereocenters. The van der Waals surface area contributed by atoms with E-state index in [9.17, 15) is 0 Å². The molecule has 0 aliphatic carbocycles. The molecule has 5 heteroatoms. The van der Waals surface area contributed by atoms with E-state index in [2.05, 4.69) is 30.8 Å². The Balaban J connectivity index is 1.80. The van der Waals surface area contributed by atoms with E-state index in [0.717, 1.165) is 23.4 Å². The number of piperidine rings is 1. The fraction of sp³-hybridized carbons (Fsp3) is 0.692. The highest BCUT2D eigenvalue weighted by Crippen LogP contribution is 2.15. The van der Waals surface area contributed by atoms with Gasteiger partial charge in [-0.1, -0.05) is 13.3 Å². The maximum Gasteiger partial charge on any atom is 0.217 e. The van der Waals surface area contributed by atoms with Crippen molar-refractivity contribution in [3.63, 3.8) is 0 Å². The molecule has 1 aromatic heterocycles. The number of aromatic nitrogens is 2. The number of hydrogen-bond donors (Lipinski definition) is 0. The van der Waals surface area contributed by atoms with Crippen LogP contribution in [-0.4, -0.2) is 41.1 Å². The van der Waals surface area contributed by atoms with Gasteiger partial charge in [-0.3, -0.25) is 4.90 Å². The van der Waals surface area contributed by atoms with Gasteiger partial charge in [0.25, 0.3) is 0 Å². The van der Waals surface area contributed by atoms with Crippen molar-refractivity contribution in [3.05, 3.63) is 16.5 Å². The average Bonchev–Trinajstić information content (AvgIpc) is 2.39. The van der Waals surface area contributed by atoms with Crippen molar-refractivity contribution < 1.29 is 4.74 Å². The summed E-state index contributed by atoms with van der Waals surface area (Å²) < 4.78 is 6.50. The van der Waals surface area contributed by atoms with Crippen molar-refractivity contribution >= 4 is 15.9 Å². The van der Waals surface area contributed by atoms with Gasteiger partial charge in [-0.15, -0.1) is 0 Å². The first-order valence-corrected chi connectivity index (χ1v) is 7.46. The average molecular weight is 314 g/mol. The summed E-state index contributed by atoms with van der Waals surface area (Å²) in [5, 5.41) is 0. The second kappa shape index (κ2) is 7.04. The third-order valence-electron chi connectivity index (χ3n) is 3.14. The summed E-state index contributed by atoms with van der Waals surface area (Å²) in [5.74, 6) is 1.49. The van der Waals surface area contributed by atoms with Crippen molar-refractivity contribution in [2.24, 2.45) is 0 Å². The Morgan fingerprint density at radius 1 is 1.28 bits per heavy atom. The van der Waals surface area contributed by atoms with Crippen LogP contribution in [-0.2, 0) is 6.42 Å². The quantitative estimate of drug-likeness (QED) is 0.783. The zero-order valence-corrected chi connectivity index (χ0v) is 12.4. The smallest absolute Gasteiger partial charge is 0.217 e. The van der Waals surface area contributed by atoms with Crippen LogP contribution < -0.4 is 4.74 Å². The van der Waals surface area contributed by atoms with Gasteiger partial charge >= 0.3 is 0 Å². The minimum Gasteiger partial charge on any atom is -0.476 e. The van der Waals surface area contributed by atoms with Crippen LogP contribution in [0.25, 0.3) is 0 Å². The van der Waals surface area contributed by atoms with E-state index in [1.807, 2.05) is 13.0 Å². The first-order valence-electron chi connectivity index (χ1n) is 6.66. The van der Waals surface area contributed by atoms with Gasteiger partial charge in [-0.2, -0.15) is 4.98 Å². The van der Waals surface area contributed by atoms with Crippen LogP contribution in [0.3, 0.4) is 0 Å². The summed E-state index contributed by atoms with van der Waals surface area (Å²) in [4.78, 5) is 11.1. The van der Waals surface area contributed by atoms with Crippen LogP contribution in [0.4, 0.5) is 0 Å². The molecule has 0 N–H and O–H groups in total. The molecule has 1 aliphatic heterocycles. The van der Waals surface area contributed by atoms with E-state index >= 15 is 0 Å². The molecule has 0 saturated carbocycles. The fourth-order valence-corrected chi connectivity index (χ4v) is 2.54. The van der Waals surface area contributed by atoms with Gasteiger partial charge in [0.15, 0.2) is 0 Å². The summed E-state index contributed by atoms with van der Waals surface area (Å²) in [6, 6.07) is 1.83. The number of nitrogens with zero attached hydrogens (tertiary/aromatic N) is 3. The lowest BCUT2D eigenvalue weighted by Crippen LogP contribution is -2.33. The highest BCUT2D eigenvalue weighted by Gasteiger charge is 2.10. The van der Waals surface area contributed by atoms with E-state index in [4.69, 9.17) is 4.74 Å². The molecule has 1 aliphatic rings. The van der Waals surface area contributed by atoms with Gasteiger partial charge in [0.1, 0.15) is 17.0 Å². The Bertz CT molecular complexity index is 380. The lowest BCUT2D eigenvalue weighted by Gasteiger charge is -2.26. The molecule has 0 spiro atoms. The molecule has 4 nitrogen and oxygen atoms in total. The lowest BCUT2D eigenvalue weighted by atomic mass is 10.1. The minimum absolute atomic E-state index is 0.672. The first-order chi connectivity index (χ1) is 8.78. The predicted octanol–water partition coefficient (Wildman–Crippen LogP) is 2.67. The number of rotatable bonds is 5. The number of aryl methyl sites for hydroxylation is 1. The van der Waals surface area contributed by atoms with Gasteiger partial charge < -0.3 is 4.74 Å². The molecule has 0 amide bonds. The van der Waals surface area contributed by atoms with Gasteiger partial charge in [0.05, 0.1) is 0 Å². The molecular weight excluding hydrogens is 294 g/mol. The summed E-state index contributed by atoms with van der Waals surface area (Å²) in [6.45, 7) is 6.14. The highest BCUT2D eigenvalue weighted by molar-refractivity contribution is 9.10. The van der Waals surface area contributed by atoms with E-state index in [0.29, 0.717) is 12.5 Å². The molecule has 1 fully saturated rings. The molecule has 2 heterocycles. The Morgan fingerprint density at radius 3 is 2.78 bits per heavy atom. The van der Waals surface area contributed by atoms with Crippen LogP contribution in [0.15, 0.2) is 10.7 Å². The summed E-state index contributed by atoms with van der Waals surface area (Å²) in [6.07, 6.45) is 4.83. The third kappa shape index (κ3) is 4.21. The number of halogens is 1. The van der Waals surface area contributed by atoms with Crippen molar-refractivity contribution in [3.8, 4) is 5.88 Å². The predicted molar refractivity (Wildman–Crippen MR) is 74.9 cm³/mol. The SMILES string of the molecule is CCc1nc(Br)cc(OCCN2CCCCC2)n1. The van der Waals surface area contributed by atoms with Crippen LogP contribution in [0.5, 0.6) is 5.88 Å². The highest BCUT2D eigenvalue weighted by atomic mass is 79.9. The Kier molecular flexibility index (Phi) is 5.38. The number of ether oxygens (including phenoxy) is 1. The fourth-order valence-electron chi connectivity index (χ4n) is 2.14. The van der Waals surface area contributed by atoms with Crippen molar-refractivity contribution in [1.82, 2.24) is 14.9 Å². The third-order valence-corrected chi connectivity index (χ3v) is 3.55. The van der Waals surface area contributed by atoms with Gasteiger partial charge in [0, 0.05) is 19.0 Å². The Hall–Kier alpha value is -0.680. The molecule has 2 rings (SSSR count). The molecule has 0 aromatic carbocycles. The zero-order valence-electron chi connectivity index (χ0n) is 10.9. The Labute approximate surface area is 117 Å². The summed E-state index contributed by atoms with van der Waals surface area (Å²) in [7, 11) is 0. The van der Waals surface area contributed by atoms with Crippen molar-refractivity contribution in [2.75, 3.05) is 26.2 Å². The van der Waals surface area contributed by atoms with Gasteiger partial charge in [-0.25, -0.2) is 4.98 Å². The van der Waals surface area contributed by atoms with Crippen LogP contribution in [0.1, 0.15) is 32.0 Å². The second-order valence-corrected chi connectivity index (χ2v) is 5.36. The maximum absolute atomic E-state index is 5.71. The van der Waals surface area contributed by atoms with Crippen LogP contribution in [0, 0.1) is 0 Å². The molecule has 1 saturated heterocycles. The molecule has 0 radical (unpaired) electrons. The summed E-state index contributed by atoms with van der Waals surface area (Å²) >= 11 is 3.38. The standard InChI is InChI=1S/C13H20BrN3O/c1-2-12-15-11(14)10-13(16-12)18-9-8-17-6-4-3-5-7-17/h10H,2-9H2,1H3. The topological polar surface area (TPSA) is 38.2 Å². The molecule has 0 bridgehead atoms. The minimum atomic E-state index is 0.672. The number of likely N-dealkylation sites (tertiary alicyclic amines) is 1. The summed E-state index contributed by atoms with van der Waals surface area (Å²) in [5.41, 5.74) is 0. The lowest BCUT2D eigenvalue weighted by molar-refractivity contribution is 0.180. The van der Waals surface area contributed by atoms with Crippen molar-refractivity contribution in [2.45, 2.75) is 32.6 Å². The zero-order chi connectivity index (χ0) is 12.8. The van der Waals surface area contributed by atoms with Crippen LogP contribution in [0.2, 0.25) is 0 Å². The molecular formula is C13H20BrN3O. The molecule has 100 valence electrons. The number of hydrogen-bond acceptors (Lipinski definition) is 4. The van der Waals surface area contributed by atoms with E-state index < -0.39 is 0 Å². The molecule has 1 aromatic rings. The largest absolute Gasteiger partial charge is 0.476 e. The molecule has 0 unspecified atom stereocenters. The molecule has 18 heavy (non-hydrogen) atoms. The van der Waals surface area contributed by atoms with E-state index in [1.165, 1.54) is 32.4 Å². The monoisotopic (exact) mass is 313 g/mol. The Morgan fingerprint density at radius 2 is 2.06 bits per heavy atom. The first kappa shape index (κ1) is 13.7. The second-order valence-electron chi connectivity index (χ2n) is 4.55. The van der Waals surface area contributed by atoms with Gasteiger partial charge in [-0.05, 0) is 41.9 Å². The van der Waals surface area contributed by atoms with Gasteiger partial charge in [0.2, 0.25) is 5.88 Å². The normalized spacial score (nSPS) is 16.8. The maximum atomic E-state index is 5.71. The van der Waals surface area contributed by atoms with E-state index in [-0.39, 0.29) is 0 Å². The van der Waals surface area contributed by atoms with Crippen molar-refractivity contribution in [1.29, 1.82) is 0 Å².